The molecule has 0 radical (unpaired) electrons. The van der Waals surface area contributed by atoms with Crippen LogP contribution in [0.2, 0.25) is 0 Å². The number of hydrogen-bond donors (Lipinski definition) is 2. The molecule has 0 unspecified atom stereocenters. The zero-order valence-electron chi connectivity index (χ0n) is 55.7. The lowest BCUT2D eigenvalue weighted by atomic mass is 9.78. The number of hydrogen-bond acceptors (Lipinski definition) is 4. The molecule has 0 saturated carbocycles. The molecule has 7 aromatic rings. The number of aryl methyl sites for hydroxylation is 2. The first-order chi connectivity index (χ1) is 41.1. The van der Waals surface area contributed by atoms with Crippen LogP contribution in [0.3, 0.4) is 0 Å². The van der Waals surface area contributed by atoms with E-state index in [0.717, 1.165) is 79.9 Å². The average molecular weight is 1190 g/mol. The van der Waals surface area contributed by atoms with Crippen LogP contribution in [0.5, 0.6) is 0 Å². The summed E-state index contributed by atoms with van der Waals surface area (Å²) in [5.41, 5.74) is 22.8. The summed E-state index contributed by atoms with van der Waals surface area (Å²) in [7, 11) is 0. The Labute approximate surface area is 528 Å². The highest BCUT2D eigenvalue weighted by Gasteiger charge is 2.27. The van der Waals surface area contributed by atoms with Crippen molar-refractivity contribution in [3.05, 3.63) is 140 Å². The van der Waals surface area contributed by atoms with Gasteiger partial charge < -0.3 is 9.97 Å². The number of unbranched alkanes of at least 4 members (excludes halogenated alkanes) is 18. The highest BCUT2D eigenvalue weighted by Crippen LogP contribution is 2.44. The number of nitrogens with zero attached hydrogens (tertiary/aromatic N) is 2. The molecule has 7 heterocycles. The van der Waals surface area contributed by atoms with Crippen molar-refractivity contribution < 1.29 is 0 Å². The van der Waals surface area contributed by atoms with Crippen molar-refractivity contribution in [2.45, 2.75) is 260 Å². The SMILES string of the molecule is CCCCCCCCCCCCc1csc(-c2c3nc(c(-c4cc(C(C)(C)C)cc(C(C)(C)C)c4)c4ccc([nH]4)c(-c4cc(CCCCCCCCCCCC)cs4)c4nc(c(-c5cc(C(C)(C)C)cc(C(C)(C)C)c5)c5ccc2[nH]5)C=C4)C=C3)c1. The lowest BCUT2D eigenvalue weighted by Crippen LogP contribution is -2.16. The number of thiophene rings is 2. The molecular weight excluding hydrogens is 1080 g/mol. The van der Waals surface area contributed by atoms with Crippen LogP contribution in [0.25, 0.3) is 89.5 Å². The zero-order chi connectivity index (χ0) is 61.2. The van der Waals surface area contributed by atoms with Gasteiger partial charge in [-0.15, -0.1) is 22.7 Å². The normalized spacial score (nSPS) is 13.0. The van der Waals surface area contributed by atoms with E-state index in [4.69, 9.17) is 9.97 Å². The number of rotatable bonds is 26. The predicted molar refractivity (Wildman–Crippen MR) is 382 cm³/mol. The molecule has 9 rings (SSSR count). The van der Waals surface area contributed by atoms with Gasteiger partial charge in [0.05, 0.1) is 22.8 Å². The number of nitrogens with one attached hydrogen (secondary N) is 2. The number of benzene rings is 2. The van der Waals surface area contributed by atoms with Gasteiger partial charge in [-0.05, 0) is 163 Å². The fourth-order valence-electron chi connectivity index (χ4n) is 12.5. The van der Waals surface area contributed by atoms with Gasteiger partial charge in [-0.25, -0.2) is 9.97 Å². The Morgan fingerprint density at radius 2 is 0.593 bits per heavy atom. The van der Waals surface area contributed by atoms with E-state index >= 15 is 0 Å². The van der Waals surface area contributed by atoms with Gasteiger partial charge in [-0.2, -0.15) is 0 Å². The molecular formula is C80H106N4S2. The van der Waals surface area contributed by atoms with Crippen LogP contribution in [0, 0.1) is 0 Å². The number of aromatic nitrogens is 4. The second-order valence-electron chi connectivity index (χ2n) is 29.6. The summed E-state index contributed by atoms with van der Waals surface area (Å²) in [5.74, 6) is 0. The molecule has 0 atom stereocenters. The van der Waals surface area contributed by atoms with E-state index in [2.05, 4.69) is 215 Å². The fourth-order valence-corrected chi connectivity index (χ4v) is 14.5. The fraction of sp³-hybridized carbons (Fsp3) is 0.500. The molecule has 6 heteroatoms. The van der Waals surface area contributed by atoms with Crippen LogP contribution in [0.1, 0.15) is 282 Å². The molecule has 2 aromatic carbocycles. The van der Waals surface area contributed by atoms with Gasteiger partial charge in [0.1, 0.15) is 0 Å². The van der Waals surface area contributed by atoms with Crippen LogP contribution in [-0.4, -0.2) is 19.9 Å². The van der Waals surface area contributed by atoms with Crippen LogP contribution in [0.15, 0.2) is 83.6 Å². The van der Waals surface area contributed by atoms with Crippen LogP contribution < -0.4 is 0 Å². The topological polar surface area (TPSA) is 57.4 Å². The minimum absolute atomic E-state index is 0.0669. The first-order valence-corrected chi connectivity index (χ1v) is 35.5. The van der Waals surface area contributed by atoms with Gasteiger partial charge >= 0.3 is 0 Å². The summed E-state index contributed by atoms with van der Waals surface area (Å²) in [6, 6.07) is 28.8. The van der Waals surface area contributed by atoms with E-state index in [1.54, 1.807) is 0 Å². The van der Waals surface area contributed by atoms with Gasteiger partial charge in [-0.1, -0.05) is 249 Å². The Kier molecular flexibility index (Phi) is 21.7. The Hall–Kier alpha value is -5.56. The van der Waals surface area contributed by atoms with E-state index in [-0.39, 0.29) is 21.7 Å². The molecule has 0 spiro atoms. The standard InChI is InChI=1S/C80H106N4S2/c1-15-17-19-21-23-25-27-29-31-33-35-55-45-71(85-53-55)75-67-41-37-63(81-67)73(57-47-59(77(3,4)5)51-60(48-57)78(6,7)8)65-39-43-69(83-65)76(72-46-56(54-86-72)36-34-32-30-28-26-24-22-20-18-16-2)70-44-40-66(84-70)74(64-38-42-68(75)82-64)58-49-61(79(9,10)11)52-62(50-58)80(12,13)14/h37-54,81,84H,15-36H2,1-14H3. The third kappa shape index (κ3) is 16.6. The van der Waals surface area contributed by atoms with Crippen molar-refractivity contribution in [2.75, 3.05) is 0 Å². The largest absolute Gasteiger partial charge is 0.354 e. The smallest absolute Gasteiger partial charge is 0.0745 e. The van der Waals surface area contributed by atoms with Crippen molar-refractivity contribution >= 4 is 69.0 Å². The van der Waals surface area contributed by atoms with Gasteiger partial charge in [0.2, 0.25) is 0 Å². The first kappa shape index (κ1) is 64.9. The lowest BCUT2D eigenvalue weighted by molar-refractivity contribution is 0.556. The predicted octanol–water partition coefficient (Wildman–Crippen LogP) is 25.6. The molecule has 0 fully saturated rings. The molecule has 8 bridgehead atoms. The summed E-state index contributed by atoms with van der Waals surface area (Å²) >= 11 is 3.72. The van der Waals surface area contributed by atoms with E-state index in [0.29, 0.717) is 0 Å². The second-order valence-corrected chi connectivity index (χ2v) is 31.4. The van der Waals surface area contributed by atoms with Crippen molar-refractivity contribution in [3.8, 4) is 43.1 Å². The summed E-state index contributed by atoms with van der Waals surface area (Å²) in [6.45, 7) is 32.7. The third-order valence-corrected chi connectivity index (χ3v) is 20.1. The molecule has 4 nitrogen and oxygen atoms in total. The molecule has 0 amide bonds. The van der Waals surface area contributed by atoms with E-state index < -0.39 is 0 Å². The van der Waals surface area contributed by atoms with E-state index in [9.17, 15) is 0 Å². The van der Waals surface area contributed by atoms with Gasteiger partial charge in [0.15, 0.2) is 0 Å². The van der Waals surface area contributed by atoms with Gasteiger partial charge in [0, 0.05) is 54.1 Å². The Bertz CT molecular complexity index is 3320. The molecule has 2 aliphatic heterocycles. The minimum atomic E-state index is -0.0669. The second kappa shape index (κ2) is 28.7. The highest BCUT2D eigenvalue weighted by molar-refractivity contribution is 7.14. The number of aromatic amines is 2. The molecule has 2 N–H and O–H groups in total. The van der Waals surface area contributed by atoms with Gasteiger partial charge in [-0.3, -0.25) is 0 Å². The number of H-pyrrole nitrogens is 2. The molecule has 5 aromatic heterocycles. The van der Waals surface area contributed by atoms with Crippen molar-refractivity contribution in [1.29, 1.82) is 0 Å². The highest BCUT2D eigenvalue weighted by atomic mass is 32.1. The minimum Gasteiger partial charge on any atom is -0.354 e. The van der Waals surface area contributed by atoms with Crippen molar-refractivity contribution in [2.24, 2.45) is 0 Å². The average Bonchev–Trinajstić information content (AvgIpc) is 1.90. The Morgan fingerprint density at radius 3 is 0.884 bits per heavy atom. The molecule has 458 valence electrons. The summed E-state index contributed by atoms with van der Waals surface area (Å²) in [4.78, 5) is 22.4. The van der Waals surface area contributed by atoms with E-state index in [1.807, 2.05) is 22.7 Å². The van der Waals surface area contributed by atoms with Gasteiger partial charge in [0.25, 0.3) is 0 Å². The quantitative estimate of drug-likeness (QED) is 0.0531. The maximum Gasteiger partial charge on any atom is 0.0745 e. The molecule has 2 aliphatic rings. The Morgan fingerprint density at radius 1 is 0.326 bits per heavy atom. The zero-order valence-corrected chi connectivity index (χ0v) is 57.3. The third-order valence-electron chi connectivity index (χ3n) is 18.1. The molecule has 86 heavy (non-hydrogen) atoms. The van der Waals surface area contributed by atoms with E-state index in [1.165, 1.54) is 183 Å². The monoisotopic (exact) mass is 1190 g/mol. The summed E-state index contributed by atoms with van der Waals surface area (Å²) in [5, 5.41) is 4.82. The summed E-state index contributed by atoms with van der Waals surface area (Å²) in [6.07, 6.45) is 38.2. The van der Waals surface area contributed by atoms with Crippen molar-refractivity contribution in [1.82, 2.24) is 19.9 Å². The van der Waals surface area contributed by atoms with Crippen LogP contribution >= 0.6 is 22.7 Å². The lowest BCUT2D eigenvalue weighted by Gasteiger charge is -2.26. The first-order valence-electron chi connectivity index (χ1n) is 33.7. The molecule has 0 saturated heterocycles. The maximum absolute atomic E-state index is 5.82. The maximum atomic E-state index is 5.82. The molecule has 0 aliphatic carbocycles. The number of fused-ring (bicyclic) bond motifs is 8. The van der Waals surface area contributed by atoms with Crippen molar-refractivity contribution in [3.63, 3.8) is 0 Å². The summed E-state index contributed by atoms with van der Waals surface area (Å²) < 4.78 is 0. The van der Waals surface area contributed by atoms with Crippen LogP contribution in [-0.2, 0) is 34.5 Å². The Balaban J connectivity index is 1.25. The van der Waals surface area contributed by atoms with Crippen LogP contribution in [0.4, 0.5) is 0 Å².